The Morgan fingerprint density at radius 1 is 1.23 bits per heavy atom. The molecule has 0 aromatic heterocycles. The Hall–Kier alpha value is -2.28. The molecule has 0 aliphatic carbocycles. The minimum Gasteiger partial charge on any atom is -0.454 e. The molecule has 0 spiro atoms. The fourth-order valence-corrected chi connectivity index (χ4v) is 4.34. The summed E-state index contributed by atoms with van der Waals surface area (Å²) in [5.41, 5.74) is 6.60. The molecule has 3 heterocycles. The molecule has 2 N–H and O–H groups in total. The van der Waals surface area contributed by atoms with Gasteiger partial charge >= 0.3 is 0 Å². The van der Waals surface area contributed by atoms with Gasteiger partial charge in [0.1, 0.15) is 0 Å². The number of nitrogens with two attached hydrogens (primary N) is 1. The van der Waals surface area contributed by atoms with Crippen molar-refractivity contribution < 1.29 is 19.1 Å². The van der Waals surface area contributed by atoms with Crippen molar-refractivity contribution in [3.05, 3.63) is 23.8 Å². The van der Waals surface area contributed by atoms with Gasteiger partial charge in [-0.2, -0.15) is 0 Å². The normalized spacial score (nSPS) is 24.6. The summed E-state index contributed by atoms with van der Waals surface area (Å²) >= 11 is 0. The zero-order valence-corrected chi connectivity index (χ0v) is 14.9. The third-order valence-electron chi connectivity index (χ3n) is 5.66. The molecule has 2 unspecified atom stereocenters. The summed E-state index contributed by atoms with van der Waals surface area (Å²) in [4.78, 5) is 28.8. The van der Waals surface area contributed by atoms with Gasteiger partial charge < -0.3 is 25.0 Å². The highest BCUT2D eigenvalue weighted by Gasteiger charge is 2.39. The summed E-state index contributed by atoms with van der Waals surface area (Å²) in [5.74, 6) is 2.13. The highest BCUT2D eigenvalue weighted by atomic mass is 16.7. The molecule has 2 fully saturated rings. The van der Waals surface area contributed by atoms with Crippen LogP contribution in [0.4, 0.5) is 0 Å². The smallest absolute Gasteiger partial charge is 0.231 e. The van der Waals surface area contributed by atoms with Gasteiger partial charge in [-0.05, 0) is 36.5 Å². The molecule has 2 atom stereocenters. The molecule has 1 aromatic carbocycles. The molecule has 3 aliphatic rings. The number of nitrogens with zero attached hydrogens (tertiary/aromatic N) is 2. The van der Waals surface area contributed by atoms with Crippen LogP contribution in [0.15, 0.2) is 18.2 Å². The van der Waals surface area contributed by atoms with Crippen molar-refractivity contribution in [2.45, 2.75) is 31.7 Å². The first-order valence-corrected chi connectivity index (χ1v) is 9.31. The van der Waals surface area contributed by atoms with E-state index in [1.54, 1.807) is 0 Å². The molecule has 0 saturated carbocycles. The Morgan fingerprint density at radius 2 is 2.08 bits per heavy atom. The number of amides is 2. The quantitative estimate of drug-likeness (QED) is 0.858. The van der Waals surface area contributed by atoms with Gasteiger partial charge in [-0.1, -0.05) is 6.07 Å². The van der Waals surface area contributed by atoms with Crippen molar-refractivity contribution in [3.8, 4) is 11.5 Å². The van der Waals surface area contributed by atoms with Crippen LogP contribution in [0, 0.1) is 5.92 Å². The summed E-state index contributed by atoms with van der Waals surface area (Å²) < 4.78 is 10.7. The lowest BCUT2D eigenvalue weighted by atomic mass is 9.83. The number of fused-ring (bicyclic) bond motifs is 2. The van der Waals surface area contributed by atoms with Crippen LogP contribution >= 0.6 is 0 Å². The Balaban J connectivity index is 1.39. The van der Waals surface area contributed by atoms with Crippen molar-refractivity contribution in [1.82, 2.24) is 9.80 Å². The van der Waals surface area contributed by atoms with Gasteiger partial charge in [0.05, 0.1) is 6.42 Å². The van der Waals surface area contributed by atoms with Crippen molar-refractivity contribution >= 4 is 11.8 Å². The van der Waals surface area contributed by atoms with Crippen LogP contribution in [0.25, 0.3) is 0 Å². The van der Waals surface area contributed by atoms with Crippen LogP contribution < -0.4 is 15.2 Å². The van der Waals surface area contributed by atoms with Gasteiger partial charge in [-0.3, -0.25) is 9.59 Å². The summed E-state index contributed by atoms with van der Waals surface area (Å²) in [5, 5.41) is 0. The summed E-state index contributed by atoms with van der Waals surface area (Å²) in [7, 11) is 0. The van der Waals surface area contributed by atoms with Crippen molar-refractivity contribution in [1.29, 1.82) is 0 Å². The van der Waals surface area contributed by atoms with Gasteiger partial charge in [0, 0.05) is 38.6 Å². The third kappa shape index (κ3) is 3.23. The molecule has 4 rings (SSSR count). The van der Waals surface area contributed by atoms with E-state index >= 15 is 0 Å². The van der Waals surface area contributed by atoms with E-state index in [1.807, 2.05) is 28.0 Å². The molecule has 0 radical (unpaired) electrons. The highest BCUT2D eigenvalue weighted by molar-refractivity contribution is 5.80. The Kier molecular flexibility index (Phi) is 4.72. The molecule has 140 valence electrons. The second-order valence-electron chi connectivity index (χ2n) is 7.23. The van der Waals surface area contributed by atoms with Gasteiger partial charge in [0.25, 0.3) is 0 Å². The molecular formula is C19H25N3O4. The maximum atomic E-state index is 12.8. The molecule has 1 aromatic rings. The first-order chi connectivity index (χ1) is 12.7. The number of piperidine rings is 2. The topological polar surface area (TPSA) is 85.1 Å². The van der Waals surface area contributed by atoms with Gasteiger partial charge in [-0.15, -0.1) is 0 Å². The molecular weight excluding hydrogens is 334 g/mol. The van der Waals surface area contributed by atoms with Gasteiger partial charge in [-0.25, -0.2) is 0 Å². The van der Waals surface area contributed by atoms with E-state index in [4.69, 9.17) is 15.2 Å². The summed E-state index contributed by atoms with van der Waals surface area (Å²) in [6, 6.07) is 5.89. The van der Waals surface area contributed by atoms with Crippen molar-refractivity contribution in [3.63, 3.8) is 0 Å². The number of carbonyl (C=O) groups excluding carboxylic acids is 2. The number of hydrogen-bond donors (Lipinski definition) is 1. The second-order valence-corrected chi connectivity index (χ2v) is 7.23. The van der Waals surface area contributed by atoms with E-state index in [1.165, 1.54) is 0 Å². The highest BCUT2D eigenvalue weighted by Crippen LogP contribution is 2.34. The minimum absolute atomic E-state index is 0.129. The molecule has 26 heavy (non-hydrogen) atoms. The lowest BCUT2D eigenvalue weighted by molar-refractivity contribution is -0.143. The predicted molar refractivity (Wildman–Crippen MR) is 94.7 cm³/mol. The standard InChI is InChI=1S/C19H25N3O4/c20-6-8-22-15-5-7-21(11-14(15)2-4-18(22)23)19(24)10-13-1-3-16-17(9-13)26-12-25-16/h1,3,9,14-15H,2,4-8,10-12,20H2. The zero-order chi connectivity index (χ0) is 18.1. The van der Waals surface area contributed by atoms with Crippen LogP contribution in [-0.4, -0.2) is 60.6 Å². The van der Waals surface area contributed by atoms with Crippen LogP contribution in [0.1, 0.15) is 24.8 Å². The van der Waals surface area contributed by atoms with E-state index in [0.29, 0.717) is 44.1 Å². The third-order valence-corrected chi connectivity index (χ3v) is 5.66. The predicted octanol–water partition coefficient (Wildman–Crippen LogP) is 0.756. The molecule has 2 saturated heterocycles. The number of rotatable bonds is 4. The minimum atomic E-state index is 0.129. The SMILES string of the molecule is NCCN1C(=O)CCC2CN(C(=O)Cc3ccc4c(c3)OCO4)CCC21. The molecule has 3 aliphatic heterocycles. The van der Waals surface area contributed by atoms with E-state index in [0.717, 1.165) is 30.7 Å². The van der Waals surface area contributed by atoms with E-state index < -0.39 is 0 Å². The van der Waals surface area contributed by atoms with Crippen LogP contribution in [-0.2, 0) is 16.0 Å². The fraction of sp³-hybridized carbons (Fsp3) is 0.579. The first kappa shape index (κ1) is 17.1. The second kappa shape index (κ2) is 7.15. The number of ether oxygens (including phenoxy) is 2. The largest absolute Gasteiger partial charge is 0.454 e. The van der Waals surface area contributed by atoms with Crippen LogP contribution in [0.5, 0.6) is 11.5 Å². The fourth-order valence-electron chi connectivity index (χ4n) is 4.34. The molecule has 7 heteroatoms. The maximum Gasteiger partial charge on any atom is 0.231 e. The average molecular weight is 359 g/mol. The van der Waals surface area contributed by atoms with Gasteiger partial charge in [0.15, 0.2) is 11.5 Å². The lowest BCUT2D eigenvalue weighted by Gasteiger charge is -2.47. The van der Waals surface area contributed by atoms with E-state index in [9.17, 15) is 9.59 Å². The van der Waals surface area contributed by atoms with Crippen LogP contribution in [0.2, 0.25) is 0 Å². The Bertz CT molecular complexity index is 708. The van der Waals surface area contributed by atoms with Crippen molar-refractivity contribution in [2.24, 2.45) is 11.7 Å². The number of benzene rings is 1. The molecule has 0 bridgehead atoms. The molecule has 2 amide bonds. The molecule has 7 nitrogen and oxygen atoms in total. The average Bonchev–Trinajstić information content (AvgIpc) is 3.11. The number of hydrogen-bond acceptors (Lipinski definition) is 5. The van der Waals surface area contributed by atoms with Gasteiger partial charge in [0.2, 0.25) is 18.6 Å². The van der Waals surface area contributed by atoms with E-state index in [-0.39, 0.29) is 24.6 Å². The number of likely N-dealkylation sites (tertiary alicyclic amines) is 2. The summed E-state index contributed by atoms with van der Waals surface area (Å²) in [6.45, 7) is 2.76. The Labute approximate surface area is 153 Å². The summed E-state index contributed by atoms with van der Waals surface area (Å²) in [6.07, 6.45) is 2.62. The van der Waals surface area contributed by atoms with E-state index in [2.05, 4.69) is 0 Å². The zero-order valence-electron chi connectivity index (χ0n) is 14.9. The van der Waals surface area contributed by atoms with Crippen LogP contribution in [0.3, 0.4) is 0 Å². The Morgan fingerprint density at radius 3 is 2.92 bits per heavy atom. The van der Waals surface area contributed by atoms with Crippen molar-refractivity contribution in [2.75, 3.05) is 33.0 Å². The number of carbonyl (C=O) groups is 2. The first-order valence-electron chi connectivity index (χ1n) is 9.31. The lowest BCUT2D eigenvalue weighted by Crippen LogP contribution is -2.57. The maximum absolute atomic E-state index is 12.8. The monoisotopic (exact) mass is 359 g/mol.